The highest BCUT2D eigenvalue weighted by Crippen LogP contribution is 2.47. The van der Waals surface area contributed by atoms with Crippen molar-refractivity contribution in [2.45, 2.75) is 109 Å². The maximum absolute atomic E-state index is 11.8. The maximum Gasteiger partial charge on any atom is 0.207 e. The fraction of sp³-hybridized carbons (Fsp3) is 0.622. The molecule has 0 aliphatic rings. The molecule has 9 heteroatoms. The molecule has 0 aromatic heterocycles. The van der Waals surface area contributed by atoms with Gasteiger partial charge in [0.2, 0.25) is 17.9 Å². The summed E-state index contributed by atoms with van der Waals surface area (Å²) >= 11 is 0. The molecule has 1 amide bonds. The number of hydrogen-bond acceptors (Lipinski definition) is 8. The number of carbonyl (C=O) groups is 1. The quantitative estimate of drug-likeness (QED) is 0.0861. The van der Waals surface area contributed by atoms with Crippen LogP contribution in [0.3, 0.4) is 0 Å². The zero-order valence-corrected chi connectivity index (χ0v) is 29.2. The summed E-state index contributed by atoms with van der Waals surface area (Å²) in [6.07, 6.45) is 10.9. The molecule has 256 valence electrons. The van der Waals surface area contributed by atoms with Gasteiger partial charge in [-0.15, -0.1) is 0 Å². The van der Waals surface area contributed by atoms with Crippen LogP contribution in [0.1, 0.15) is 103 Å². The molecule has 0 fully saturated rings. The minimum Gasteiger partial charge on any atom is -0.493 e. The van der Waals surface area contributed by atoms with Crippen LogP contribution in [0.5, 0.6) is 34.5 Å². The lowest BCUT2D eigenvalue weighted by atomic mass is 9.74. The molecule has 0 unspecified atom stereocenters. The van der Waals surface area contributed by atoms with E-state index in [1.54, 1.807) is 28.4 Å². The fourth-order valence-corrected chi connectivity index (χ4v) is 5.91. The van der Waals surface area contributed by atoms with E-state index in [1.807, 2.05) is 24.3 Å². The summed E-state index contributed by atoms with van der Waals surface area (Å²) < 4.78 is 35.1. The van der Waals surface area contributed by atoms with Gasteiger partial charge in [0, 0.05) is 11.6 Å². The number of methoxy groups -OCH3 is 4. The molecule has 0 spiro atoms. The van der Waals surface area contributed by atoms with Gasteiger partial charge in [-0.05, 0) is 68.7 Å². The summed E-state index contributed by atoms with van der Waals surface area (Å²) in [6, 6.07) is 10.1. The minimum absolute atomic E-state index is 0.204. The predicted octanol–water partition coefficient (Wildman–Crippen LogP) is 7.95. The first-order valence-corrected chi connectivity index (χ1v) is 16.8. The summed E-state index contributed by atoms with van der Waals surface area (Å²) in [5, 5.41) is 13.5. The highest BCUT2D eigenvalue weighted by Gasteiger charge is 2.33. The zero-order valence-electron chi connectivity index (χ0n) is 29.2. The van der Waals surface area contributed by atoms with Crippen molar-refractivity contribution in [2.24, 2.45) is 0 Å². The minimum atomic E-state index is -0.698. The Labute approximate surface area is 276 Å². The molecule has 1 N–H and O–H groups in total. The van der Waals surface area contributed by atoms with E-state index in [0.29, 0.717) is 79.8 Å². The summed E-state index contributed by atoms with van der Waals surface area (Å²) in [5.74, 6) is 3.42. The Morgan fingerprint density at radius 2 is 1.43 bits per heavy atom. The molecule has 2 aromatic carbocycles. The molecule has 0 radical (unpaired) electrons. The fourth-order valence-electron chi connectivity index (χ4n) is 5.91. The molecule has 0 bridgehead atoms. The van der Waals surface area contributed by atoms with Crippen LogP contribution in [0.15, 0.2) is 24.3 Å². The van der Waals surface area contributed by atoms with Crippen molar-refractivity contribution >= 4 is 6.41 Å². The van der Waals surface area contributed by atoms with Crippen LogP contribution in [-0.2, 0) is 16.6 Å². The van der Waals surface area contributed by atoms with Crippen LogP contribution in [-0.4, -0.2) is 54.1 Å². The normalized spacial score (nSPS) is 12.7. The van der Waals surface area contributed by atoms with E-state index in [-0.39, 0.29) is 6.04 Å². The van der Waals surface area contributed by atoms with Crippen molar-refractivity contribution < 1.29 is 33.2 Å². The molecule has 0 saturated carbocycles. The number of nitriles is 1. The number of amides is 1. The van der Waals surface area contributed by atoms with Gasteiger partial charge in [0.1, 0.15) is 0 Å². The highest BCUT2D eigenvalue weighted by atomic mass is 16.5. The largest absolute Gasteiger partial charge is 0.493 e. The molecule has 0 heterocycles. The van der Waals surface area contributed by atoms with Crippen LogP contribution >= 0.6 is 0 Å². The Morgan fingerprint density at radius 1 is 0.761 bits per heavy atom. The van der Waals surface area contributed by atoms with Crippen molar-refractivity contribution in [3.63, 3.8) is 0 Å². The van der Waals surface area contributed by atoms with Gasteiger partial charge in [-0.25, -0.2) is 0 Å². The Morgan fingerprint density at radius 3 is 2.00 bits per heavy atom. The number of benzene rings is 2. The number of unbranched alkanes of at least 4 members (excludes halogenated alkanes) is 4. The van der Waals surface area contributed by atoms with E-state index in [4.69, 9.17) is 28.4 Å². The van der Waals surface area contributed by atoms with Crippen LogP contribution in [0.25, 0.3) is 0 Å². The van der Waals surface area contributed by atoms with Gasteiger partial charge in [0.15, 0.2) is 23.0 Å². The number of carbonyl (C=O) groups excluding carboxylic acids is 1. The van der Waals surface area contributed by atoms with E-state index in [1.165, 1.54) is 0 Å². The van der Waals surface area contributed by atoms with Gasteiger partial charge in [-0.3, -0.25) is 4.79 Å². The third kappa shape index (κ3) is 10.6. The SMILES string of the molecule is CCCCCOc1cc(C[C@H](CCC[C@@](C#N)(CCC)c2ccc(OC)c(OC)c2)NC=O)c(OCCCCC)c(OC)c1OC. The number of nitrogens with zero attached hydrogens (tertiary/aromatic N) is 1. The van der Waals surface area contributed by atoms with Crippen LogP contribution < -0.4 is 33.7 Å². The lowest BCUT2D eigenvalue weighted by Gasteiger charge is -2.29. The smallest absolute Gasteiger partial charge is 0.207 e. The predicted molar refractivity (Wildman–Crippen MR) is 182 cm³/mol. The van der Waals surface area contributed by atoms with Gasteiger partial charge < -0.3 is 33.7 Å². The van der Waals surface area contributed by atoms with Crippen LogP contribution in [0.4, 0.5) is 0 Å². The summed E-state index contributed by atoms with van der Waals surface area (Å²) in [4.78, 5) is 11.8. The van der Waals surface area contributed by atoms with E-state index >= 15 is 0 Å². The Hall–Kier alpha value is -3.80. The van der Waals surface area contributed by atoms with Gasteiger partial charge >= 0.3 is 0 Å². The number of hydrogen-bond donors (Lipinski definition) is 1. The monoisotopic (exact) mass is 640 g/mol. The first-order valence-electron chi connectivity index (χ1n) is 16.8. The Kier molecular flexibility index (Phi) is 17.6. The third-order valence-electron chi connectivity index (χ3n) is 8.39. The molecular weight excluding hydrogens is 584 g/mol. The van der Waals surface area contributed by atoms with E-state index in [9.17, 15) is 10.1 Å². The number of nitrogens with one attached hydrogen (secondary N) is 1. The molecule has 2 rings (SSSR count). The molecule has 9 nitrogen and oxygen atoms in total. The van der Waals surface area contributed by atoms with E-state index in [0.717, 1.165) is 62.5 Å². The second-order valence-corrected chi connectivity index (χ2v) is 11.6. The zero-order chi connectivity index (χ0) is 33.8. The number of ether oxygens (including phenoxy) is 6. The lowest BCUT2D eigenvalue weighted by Crippen LogP contribution is -2.31. The van der Waals surface area contributed by atoms with Gasteiger partial charge in [-0.1, -0.05) is 58.9 Å². The van der Waals surface area contributed by atoms with Crippen molar-refractivity contribution in [3.8, 4) is 40.6 Å². The van der Waals surface area contributed by atoms with Crippen LogP contribution in [0, 0.1) is 11.3 Å². The summed E-state index contributed by atoms with van der Waals surface area (Å²) in [5.41, 5.74) is 1.08. The average Bonchev–Trinajstić information content (AvgIpc) is 3.08. The van der Waals surface area contributed by atoms with Crippen molar-refractivity contribution in [3.05, 3.63) is 35.4 Å². The van der Waals surface area contributed by atoms with Gasteiger partial charge in [0.25, 0.3) is 0 Å². The first-order chi connectivity index (χ1) is 22.4. The molecule has 0 saturated heterocycles. The Bertz CT molecular complexity index is 1230. The highest BCUT2D eigenvalue weighted by molar-refractivity contribution is 5.63. The molecule has 2 atom stereocenters. The molecule has 46 heavy (non-hydrogen) atoms. The third-order valence-corrected chi connectivity index (χ3v) is 8.39. The van der Waals surface area contributed by atoms with Crippen molar-refractivity contribution in [1.82, 2.24) is 5.32 Å². The van der Waals surface area contributed by atoms with Crippen molar-refractivity contribution in [2.75, 3.05) is 41.7 Å². The van der Waals surface area contributed by atoms with Crippen molar-refractivity contribution in [1.29, 1.82) is 5.26 Å². The van der Waals surface area contributed by atoms with E-state index < -0.39 is 5.41 Å². The van der Waals surface area contributed by atoms with Gasteiger partial charge in [0.05, 0.1) is 53.1 Å². The summed E-state index contributed by atoms with van der Waals surface area (Å²) in [7, 11) is 6.40. The average molecular weight is 641 g/mol. The molecule has 0 aliphatic carbocycles. The maximum atomic E-state index is 11.8. The standard InChI is InChI=1S/C37H56N2O7/c1-8-11-13-21-45-33-24-28(34(46-22-14-12-9-2)36(44-7)35(33)43-6)23-30(39-27-40)16-15-20-37(26-38,19-10-3)29-17-18-31(41-4)32(25-29)42-5/h17-18,24-25,27,30H,8-16,19-23H2,1-7H3,(H,39,40)/t30-,37+/m0/s1. The van der Waals surface area contributed by atoms with Gasteiger partial charge in [-0.2, -0.15) is 5.26 Å². The topological polar surface area (TPSA) is 108 Å². The lowest BCUT2D eigenvalue weighted by molar-refractivity contribution is -0.110. The summed E-state index contributed by atoms with van der Waals surface area (Å²) in [6.45, 7) is 7.50. The Balaban J connectivity index is 2.40. The second-order valence-electron chi connectivity index (χ2n) is 11.6. The molecule has 0 aliphatic heterocycles. The van der Waals surface area contributed by atoms with Crippen LogP contribution in [0.2, 0.25) is 0 Å². The molecule has 2 aromatic rings. The second kappa shape index (κ2) is 21.1. The van der Waals surface area contributed by atoms with E-state index in [2.05, 4.69) is 32.2 Å². The number of rotatable bonds is 25. The molecular formula is C37H56N2O7. The first kappa shape index (κ1) is 38.4.